The summed E-state index contributed by atoms with van der Waals surface area (Å²) in [5.74, 6) is -0.135. The summed E-state index contributed by atoms with van der Waals surface area (Å²) in [5, 5.41) is 0. The van der Waals surface area contributed by atoms with Crippen molar-refractivity contribution < 1.29 is 13.9 Å². The van der Waals surface area contributed by atoms with Crippen LogP contribution in [0.5, 0.6) is 0 Å². The van der Waals surface area contributed by atoms with Gasteiger partial charge in [0.2, 0.25) is 0 Å². The van der Waals surface area contributed by atoms with Crippen molar-refractivity contribution in [1.82, 2.24) is 0 Å². The van der Waals surface area contributed by atoms with Gasteiger partial charge in [0, 0.05) is 0 Å². The molecule has 52 valence electrons. The highest BCUT2D eigenvalue weighted by Crippen LogP contribution is 2.29. The summed E-state index contributed by atoms with van der Waals surface area (Å²) in [5.41, 5.74) is 0. The van der Waals surface area contributed by atoms with Crippen LogP contribution < -0.4 is 0 Å². The van der Waals surface area contributed by atoms with Crippen LogP contribution >= 0.6 is 0 Å². The monoisotopic (exact) mass is 132 g/mol. The van der Waals surface area contributed by atoms with Gasteiger partial charge in [-0.1, -0.05) is 0 Å². The predicted octanol–water partition coefficient (Wildman–Crippen LogP) is 0.909. The molecule has 0 aromatic carbocycles. The molecule has 0 unspecified atom stereocenters. The fourth-order valence-corrected chi connectivity index (χ4v) is 0.576. The van der Waals surface area contributed by atoms with E-state index in [-0.39, 0.29) is 18.5 Å². The Morgan fingerprint density at radius 2 is 2.33 bits per heavy atom. The van der Waals surface area contributed by atoms with Crippen molar-refractivity contribution in [1.29, 1.82) is 0 Å². The first-order valence-corrected chi connectivity index (χ1v) is 3.07. The maximum atomic E-state index is 11.4. The quantitative estimate of drug-likeness (QED) is 0.533. The lowest BCUT2D eigenvalue weighted by molar-refractivity contribution is -0.145. The first-order valence-electron chi connectivity index (χ1n) is 3.07. The number of hydrogen-bond acceptors (Lipinski definition) is 2. The van der Waals surface area contributed by atoms with Crippen molar-refractivity contribution in [2.45, 2.75) is 12.8 Å². The van der Waals surface area contributed by atoms with Crippen molar-refractivity contribution in [3.63, 3.8) is 0 Å². The molecule has 1 fully saturated rings. The highest BCUT2D eigenvalue weighted by molar-refractivity contribution is 5.74. The van der Waals surface area contributed by atoms with Crippen LogP contribution in [0.15, 0.2) is 0 Å². The number of ether oxygens (including phenoxy) is 1. The molecule has 0 spiro atoms. The fraction of sp³-hybridized carbons (Fsp3) is 0.833. The van der Waals surface area contributed by atoms with Crippen LogP contribution in [-0.4, -0.2) is 19.3 Å². The molecule has 3 heteroatoms. The molecular weight excluding hydrogens is 123 g/mol. The molecule has 0 N–H and O–H groups in total. The van der Waals surface area contributed by atoms with Crippen molar-refractivity contribution in [3.8, 4) is 0 Å². The highest BCUT2D eigenvalue weighted by Gasteiger charge is 2.30. The zero-order valence-corrected chi connectivity index (χ0v) is 5.10. The van der Waals surface area contributed by atoms with Crippen LogP contribution in [0.3, 0.4) is 0 Å². The van der Waals surface area contributed by atoms with Gasteiger partial charge in [-0.3, -0.25) is 4.79 Å². The molecule has 9 heavy (non-hydrogen) atoms. The lowest BCUT2D eigenvalue weighted by atomic mass is 10.4. The van der Waals surface area contributed by atoms with Crippen LogP contribution in [-0.2, 0) is 9.53 Å². The average molecular weight is 132 g/mol. The van der Waals surface area contributed by atoms with Gasteiger partial charge in [0.15, 0.2) is 0 Å². The second-order valence-corrected chi connectivity index (χ2v) is 2.13. The minimum Gasteiger partial charge on any atom is -0.463 e. The molecule has 1 aliphatic rings. The van der Waals surface area contributed by atoms with Gasteiger partial charge in [-0.2, -0.15) is 0 Å². The number of esters is 1. The first kappa shape index (κ1) is 6.52. The third kappa shape index (κ3) is 2.00. The number of rotatable bonds is 3. The number of halogens is 1. The van der Waals surface area contributed by atoms with Crippen molar-refractivity contribution in [3.05, 3.63) is 0 Å². The van der Waals surface area contributed by atoms with Crippen LogP contribution in [0, 0.1) is 5.92 Å². The van der Waals surface area contributed by atoms with Gasteiger partial charge >= 0.3 is 5.97 Å². The van der Waals surface area contributed by atoms with E-state index in [4.69, 9.17) is 0 Å². The topological polar surface area (TPSA) is 26.3 Å². The molecular formula is C6H9FO2. The Hall–Kier alpha value is -0.600. The summed E-state index contributed by atoms with van der Waals surface area (Å²) in [6, 6.07) is 0. The van der Waals surface area contributed by atoms with Crippen LogP contribution in [0.2, 0.25) is 0 Å². The van der Waals surface area contributed by atoms with E-state index in [9.17, 15) is 9.18 Å². The van der Waals surface area contributed by atoms with Gasteiger partial charge < -0.3 is 4.74 Å². The maximum Gasteiger partial charge on any atom is 0.309 e. The van der Waals surface area contributed by atoms with Gasteiger partial charge in [0.05, 0.1) is 5.92 Å². The predicted molar refractivity (Wildman–Crippen MR) is 29.7 cm³/mol. The van der Waals surface area contributed by atoms with Gasteiger partial charge in [0.25, 0.3) is 0 Å². The van der Waals surface area contributed by atoms with E-state index in [0.717, 1.165) is 12.8 Å². The SMILES string of the molecule is O=C(OCCF)C1CC1. The molecule has 0 heterocycles. The number of hydrogen-bond donors (Lipinski definition) is 0. The Balaban J connectivity index is 2.03. The smallest absolute Gasteiger partial charge is 0.309 e. The number of alkyl halides is 1. The van der Waals surface area contributed by atoms with E-state index < -0.39 is 6.67 Å². The van der Waals surface area contributed by atoms with E-state index in [1.54, 1.807) is 0 Å². The van der Waals surface area contributed by atoms with Crippen molar-refractivity contribution in [2.75, 3.05) is 13.3 Å². The first-order chi connectivity index (χ1) is 4.34. The molecule has 0 saturated heterocycles. The Morgan fingerprint density at radius 1 is 1.67 bits per heavy atom. The molecule has 1 saturated carbocycles. The van der Waals surface area contributed by atoms with Crippen molar-refractivity contribution >= 4 is 5.97 Å². The minimum atomic E-state index is -0.571. The van der Waals surface area contributed by atoms with Gasteiger partial charge in [-0.15, -0.1) is 0 Å². The molecule has 0 aromatic rings. The van der Waals surface area contributed by atoms with E-state index >= 15 is 0 Å². The van der Waals surface area contributed by atoms with Gasteiger partial charge in [-0.25, -0.2) is 4.39 Å². The van der Waals surface area contributed by atoms with Gasteiger partial charge in [0.1, 0.15) is 13.3 Å². The number of carbonyl (C=O) groups is 1. The van der Waals surface area contributed by atoms with E-state index in [2.05, 4.69) is 4.74 Å². The highest BCUT2D eigenvalue weighted by atomic mass is 19.1. The summed E-state index contributed by atoms with van der Waals surface area (Å²) < 4.78 is 15.9. The summed E-state index contributed by atoms with van der Waals surface area (Å²) >= 11 is 0. The lowest BCUT2D eigenvalue weighted by Gasteiger charge is -1.97. The minimum absolute atomic E-state index is 0.0741. The molecule has 1 rings (SSSR count). The largest absolute Gasteiger partial charge is 0.463 e. The molecule has 0 atom stereocenters. The molecule has 0 bridgehead atoms. The molecule has 2 nitrogen and oxygen atoms in total. The standard InChI is InChI=1S/C6H9FO2/c7-3-4-9-6(8)5-1-2-5/h5H,1-4H2. The lowest BCUT2D eigenvalue weighted by Crippen LogP contribution is -2.08. The zero-order chi connectivity index (χ0) is 6.69. The van der Waals surface area contributed by atoms with Crippen LogP contribution in [0.25, 0.3) is 0 Å². The molecule has 0 aliphatic heterocycles. The Morgan fingerprint density at radius 3 is 2.78 bits per heavy atom. The Kier molecular flexibility index (Phi) is 2.03. The molecule has 0 aromatic heterocycles. The Labute approximate surface area is 53.0 Å². The Bertz CT molecular complexity index is 110. The average Bonchev–Trinajstić information content (AvgIpc) is 2.63. The summed E-state index contributed by atoms with van der Waals surface area (Å²) in [6.45, 7) is -0.645. The second-order valence-electron chi connectivity index (χ2n) is 2.13. The summed E-state index contributed by atoms with van der Waals surface area (Å²) in [6.07, 6.45) is 1.84. The van der Waals surface area contributed by atoms with Crippen LogP contribution in [0.1, 0.15) is 12.8 Å². The molecule has 1 aliphatic carbocycles. The maximum absolute atomic E-state index is 11.4. The molecule has 0 radical (unpaired) electrons. The fourth-order valence-electron chi connectivity index (χ4n) is 0.576. The second kappa shape index (κ2) is 2.80. The third-order valence-corrected chi connectivity index (χ3v) is 1.23. The van der Waals surface area contributed by atoms with E-state index in [1.165, 1.54) is 0 Å². The normalized spacial score (nSPS) is 17.4. The van der Waals surface area contributed by atoms with E-state index in [1.807, 2.05) is 0 Å². The van der Waals surface area contributed by atoms with E-state index in [0.29, 0.717) is 0 Å². The zero-order valence-electron chi connectivity index (χ0n) is 5.10. The van der Waals surface area contributed by atoms with Crippen molar-refractivity contribution in [2.24, 2.45) is 5.92 Å². The summed E-state index contributed by atoms with van der Waals surface area (Å²) in [4.78, 5) is 10.6. The summed E-state index contributed by atoms with van der Waals surface area (Å²) in [7, 11) is 0. The third-order valence-electron chi connectivity index (χ3n) is 1.23. The number of carbonyl (C=O) groups excluding carboxylic acids is 1. The van der Waals surface area contributed by atoms with Gasteiger partial charge in [-0.05, 0) is 12.8 Å². The van der Waals surface area contributed by atoms with Crippen LogP contribution in [0.4, 0.5) is 4.39 Å². The molecule has 0 amide bonds.